The number of hydrogen-bond donors (Lipinski definition) is 1. The number of carbonyl (C=O) groups is 2. The summed E-state index contributed by atoms with van der Waals surface area (Å²) < 4.78 is 2.05. The van der Waals surface area contributed by atoms with Crippen LogP contribution in [-0.2, 0) is 4.79 Å². The Morgan fingerprint density at radius 2 is 2.04 bits per heavy atom. The Morgan fingerprint density at radius 1 is 1.33 bits per heavy atom. The van der Waals surface area contributed by atoms with Crippen LogP contribution < -0.4 is 5.32 Å². The second kappa shape index (κ2) is 7.17. The molecule has 0 aliphatic heterocycles. The second-order valence-corrected chi connectivity index (χ2v) is 6.95. The van der Waals surface area contributed by atoms with Crippen LogP contribution in [0, 0.1) is 0 Å². The van der Waals surface area contributed by atoms with Crippen molar-refractivity contribution in [2.75, 3.05) is 5.75 Å². The summed E-state index contributed by atoms with van der Waals surface area (Å²) in [5, 5.41) is 11.7. The van der Waals surface area contributed by atoms with Crippen LogP contribution in [0.15, 0.2) is 35.7 Å². The molecule has 24 heavy (non-hydrogen) atoms. The van der Waals surface area contributed by atoms with Gasteiger partial charge in [-0.2, -0.15) is 0 Å². The van der Waals surface area contributed by atoms with Crippen LogP contribution in [0.2, 0.25) is 0 Å². The fourth-order valence-corrected chi connectivity index (χ4v) is 3.37. The third-order valence-corrected chi connectivity index (χ3v) is 4.92. The van der Waals surface area contributed by atoms with Gasteiger partial charge in [-0.1, -0.05) is 36.0 Å². The van der Waals surface area contributed by atoms with Gasteiger partial charge < -0.3 is 9.88 Å². The molecule has 1 fully saturated rings. The van der Waals surface area contributed by atoms with E-state index in [0.717, 1.165) is 23.6 Å². The third-order valence-electron chi connectivity index (χ3n) is 3.97. The highest BCUT2D eigenvalue weighted by Crippen LogP contribution is 2.37. The Labute approximate surface area is 145 Å². The van der Waals surface area contributed by atoms with Gasteiger partial charge in [0.15, 0.2) is 10.9 Å². The van der Waals surface area contributed by atoms with Gasteiger partial charge in [0.25, 0.3) is 0 Å². The van der Waals surface area contributed by atoms with Crippen molar-refractivity contribution in [2.45, 2.75) is 43.9 Å². The van der Waals surface area contributed by atoms with Gasteiger partial charge in [-0.25, -0.2) is 0 Å². The minimum absolute atomic E-state index is 0.0593. The number of amides is 1. The van der Waals surface area contributed by atoms with Gasteiger partial charge in [-0.05, 0) is 25.3 Å². The highest BCUT2D eigenvalue weighted by molar-refractivity contribution is 7.99. The molecular weight excluding hydrogens is 324 g/mol. The molecule has 3 rings (SSSR count). The lowest BCUT2D eigenvalue weighted by Gasteiger charge is -2.13. The van der Waals surface area contributed by atoms with E-state index in [4.69, 9.17) is 0 Å². The number of carbonyl (C=O) groups excluding carboxylic acids is 2. The topological polar surface area (TPSA) is 76.9 Å². The summed E-state index contributed by atoms with van der Waals surface area (Å²) in [6.45, 7) is 3.41. The normalized spacial score (nSPS) is 15.1. The minimum Gasteiger partial charge on any atom is -0.350 e. The van der Waals surface area contributed by atoms with E-state index in [1.54, 1.807) is 6.33 Å². The summed E-state index contributed by atoms with van der Waals surface area (Å²) in [7, 11) is 0. The molecule has 1 unspecified atom stereocenters. The Morgan fingerprint density at radius 3 is 2.67 bits per heavy atom. The van der Waals surface area contributed by atoms with Gasteiger partial charge in [0.1, 0.15) is 6.33 Å². The zero-order valence-corrected chi connectivity index (χ0v) is 14.5. The predicted molar refractivity (Wildman–Crippen MR) is 92.0 cm³/mol. The van der Waals surface area contributed by atoms with E-state index in [9.17, 15) is 9.59 Å². The quantitative estimate of drug-likeness (QED) is 0.617. The number of rotatable bonds is 7. The second-order valence-electron chi connectivity index (χ2n) is 6.01. The van der Waals surface area contributed by atoms with Crippen molar-refractivity contribution in [1.29, 1.82) is 0 Å². The van der Waals surface area contributed by atoms with Crippen molar-refractivity contribution < 1.29 is 9.59 Å². The first-order chi connectivity index (χ1) is 11.5. The number of ketones is 1. The largest absolute Gasteiger partial charge is 0.350 e. The van der Waals surface area contributed by atoms with Gasteiger partial charge in [0.05, 0.1) is 11.8 Å². The number of aromatic nitrogens is 3. The first kappa shape index (κ1) is 16.7. The molecule has 0 spiro atoms. The van der Waals surface area contributed by atoms with Crippen molar-refractivity contribution >= 4 is 23.5 Å². The summed E-state index contributed by atoms with van der Waals surface area (Å²) in [4.78, 5) is 23.4. The molecule has 1 amide bonds. The zero-order chi connectivity index (χ0) is 17.1. The van der Waals surface area contributed by atoms with E-state index >= 15 is 0 Å². The van der Waals surface area contributed by atoms with Gasteiger partial charge in [0.2, 0.25) is 5.91 Å². The van der Waals surface area contributed by atoms with Crippen molar-refractivity contribution in [3.8, 4) is 0 Å². The average Bonchev–Trinajstić information content (AvgIpc) is 3.30. The van der Waals surface area contributed by atoms with E-state index in [0.29, 0.717) is 17.4 Å². The molecule has 1 aliphatic carbocycles. The smallest absolute Gasteiger partial charge is 0.217 e. The first-order valence-electron chi connectivity index (χ1n) is 7.97. The molecule has 7 heteroatoms. The third kappa shape index (κ3) is 4.03. The molecule has 2 aromatic rings. The molecule has 0 saturated heterocycles. The van der Waals surface area contributed by atoms with Crippen molar-refractivity contribution in [2.24, 2.45) is 0 Å². The molecule has 126 valence electrons. The number of hydrogen-bond acceptors (Lipinski definition) is 5. The highest BCUT2D eigenvalue weighted by atomic mass is 32.2. The van der Waals surface area contributed by atoms with Gasteiger partial charge in [0, 0.05) is 18.5 Å². The van der Waals surface area contributed by atoms with Crippen LogP contribution in [0.4, 0.5) is 0 Å². The van der Waals surface area contributed by atoms with Crippen molar-refractivity contribution in [3.63, 3.8) is 0 Å². The maximum Gasteiger partial charge on any atom is 0.217 e. The van der Waals surface area contributed by atoms with Gasteiger partial charge >= 0.3 is 0 Å². The van der Waals surface area contributed by atoms with Crippen LogP contribution >= 0.6 is 11.8 Å². The fraction of sp³-hybridized carbons (Fsp3) is 0.412. The maximum atomic E-state index is 12.3. The summed E-state index contributed by atoms with van der Waals surface area (Å²) in [6, 6.07) is 7.81. The summed E-state index contributed by atoms with van der Waals surface area (Å²) in [5.41, 5.74) is 1.64. The fourth-order valence-electron chi connectivity index (χ4n) is 2.50. The minimum atomic E-state index is -0.0712. The van der Waals surface area contributed by atoms with E-state index in [1.807, 2.05) is 31.2 Å². The molecule has 6 nitrogen and oxygen atoms in total. The molecule has 1 N–H and O–H groups in total. The van der Waals surface area contributed by atoms with Crippen LogP contribution in [-0.4, -0.2) is 32.2 Å². The molecule has 0 bridgehead atoms. The van der Waals surface area contributed by atoms with E-state index in [1.165, 1.54) is 18.7 Å². The first-order valence-corrected chi connectivity index (χ1v) is 8.95. The lowest BCUT2D eigenvalue weighted by molar-refractivity contribution is -0.119. The Kier molecular flexibility index (Phi) is 4.99. The molecule has 1 saturated carbocycles. The number of nitrogens with one attached hydrogen (secondary N) is 1. The van der Waals surface area contributed by atoms with Crippen LogP contribution in [0.3, 0.4) is 0 Å². The maximum absolute atomic E-state index is 12.3. The average molecular weight is 344 g/mol. The van der Waals surface area contributed by atoms with Crippen molar-refractivity contribution in [3.05, 3.63) is 41.7 Å². The van der Waals surface area contributed by atoms with E-state index < -0.39 is 0 Å². The standard InChI is InChI=1S/C17H20N4O2S/c1-11(19-12(2)22)13-3-5-14(6-4-13)16(23)9-24-17-20-18-10-21(17)15-7-8-15/h3-6,10-11,15H,7-9H2,1-2H3,(H,19,22). The van der Waals surface area contributed by atoms with Crippen molar-refractivity contribution in [1.82, 2.24) is 20.1 Å². The van der Waals surface area contributed by atoms with Crippen LogP contribution in [0.5, 0.6) is 0 Å². The number of nitrogens with zero attached hydrogens (tertiary/aromatic N) is 3. The van der Waals surface area contributed by atoms with Crippen LogP contribution in [0.25, 0.3) is 0 Å². The molecule has 1 heterocycles. The Bertz CT molecular complexity index is 737. The lowest BCUT2D eigenvalue weighted by Crippen LogP contribution is -2.23. The van der Waals surface area contributed by atoms with Crippen LogP contribution in [0.1, 0.15) is 54.7 Å². The monoisotopic (exact) mass is 344 g/mol. The molecule has 1 aliphatic rings. The number of Topliss-reactive ketones (excluding diaryl/α,β-unsaturated/α-hetero) is 1. The Hall–Kier alpha value is -2.15. The number of thioether (sulfide) groups is 1. The molecule has 1 aromatic carbocycles. The summed E-state index contributed by atoms with van der Waals surface area (Å²) >= 11 is 1.43. The SMILES string of the molecule is CC(=O)NC(C)c1ccc(C(=O)CSc2nncn2C2CC2)cc1. The summed E-state index contributed by atoms with van der Waals surface area (Å²) in [6.07, 6.45) is 4.06. The molecule has 0 radical (unpaired) electrons. The Balaban J connectivity index is 1.58. The number of benzene rings is 1. The lowest BCUT2D eigenvalue weighted by atomic mass is 10.0. The van der Waals surface area contributed by atoms with Gasteiger partial charge in [-0.3, -0.25) is 9.59 Å². The predicted octanol–water partition coefficient (Wildman–Crippen LogP) is 2.79. The zero-order valence-electron chi connectivity index (χ0n) is 13.7. The van der Waals surface area contributed by atoms with E-state index in [2.05, 4.69) is 20.1 Å². The molecule has 1 aromatic heterocycles. The highest BCUT2D eigenvalue weighted by Gasteiger charge is 2.26. The molecular formula is C17H20N4O2S. The van der Waals surface area contributed by atoms with Gasteiger partial charge in [-0.15, -0.1) is 10.2 Å². The van der Waals surface area contributed by atoms with E-state index in [-0.39, 0.29) is 17.7 Å². The summed E-state index contributed by atoms with van der Waals surface area (Å²) in [5.74, 6) is 0.328. The molecule has 1 atom stereocenters.